The molecule has 21 heavy (non-hydrogen) atoms. The lowest BCUT2D eigenvalue weighted by molar-refractivity contribution is 0.0958. The van der Waals surface area contributed by atoms with Crippen LogP contribution in [0.4, 0.5) is 5.13 Å². The van der Waals surface area contributed by atoms with Crippen LogP contribution in [0.5, 0.6) is 5.75 Å². The Morgan fingerprint density at radius 3 is 2.95 bits per heavy atom. The van der Waals surface area contributed by atoms with Gasteiger partial charge in [0.15, 0.2) is 5.13 Å². The van der Waals surface area contributed by atoms with Crippen molar-refractivity contribution in [3.8, 4) is 5.75 Å². The lowest BCUT2D eigenvalue weighted by Gasteiger charge is -2.05. The van der Waals surface area contributed by atoms with Crippen molar-refractivity contribution in [2.75, 3.05) is 12.3 Å². The molecule has 1 aromatic heterocycles. The molecule has 7 heteroatoms. The summed E-state index contributed by atoms with van der Waals surface area (Å²) in [6.07, 6.45) is 1.54. The zero-order valence-electron chi connectivity index (χ0n) is 11.8. The van der Waals surface area contributed by atoms with Crippen LogP contribution in [0.1, 0.15) is 27.9 Å². The molecule has 2 rings (SSSR count). The van der Waals surface area contributed by atoms with Gasteiger partial charge in [0.1, 0.15) is 10.6 Å². The summed E-state index contributed by atoms with van der Waals surface area (Å²) in [4.78, 5) is 16.4. The number of thiazole rings is 1. The number of carbonyl (C=O) groups is 1. The molecule has 2 aromatic rings. The van der Waals surface area contributed by atoms with E-state index in [1.54, 1.807) is 13.1 Å². The number of hydrogen-bond donors (Lipinski definition) is 2. The number of carbonyl (C=O) groups excluding carboxylic acids is 1. The number of anilines is 1. The first-order valence-corrected chi connectivity index (χ1v) is 7.21. The van der Waals surface area contributed by atoms with Crippen LogP contribution in [0.15, 0.2) is 29.4 Å². The highest BCUT2D eigenvalue weighted by atomic mass is 32.1. The maximum atomic E-state index is 11.9. The predicted molar refractivity (Wildman–Crippen MR) is 83.9 cm³/mol. The van der Waals surface area contributed by atoms with Crippen molar-refractivity contribution in [3.05, 3.63) is 40.4 Å². The van der Waals surface area contributed by atoms with Crippen molar-refractivity contribution in [2.45, 2.75) is 13.8 Å². The number of nitrogens with zero attached hydrogens (tertiary/aromatic N) is 2. The zero-order chi connectivity index (χ0) is 15.2. The highest BCUT2D eigenvalue weighted by Gasteiger charge is 2.13. The monoisotopic (exact) mass is 304 g/mol. The second-order valence-electron chi connectivity index (χ2n) is 4.14. The highest BCUT2D eigenvalue weighted by Crippen LogP contribution is 2.19. The summed E-state index contributed by atoms with van der Waals surface area (Å²) < 4.78 is 5.47. The van der Waals surface area contributed by atoms with E-state index in [-0.39, 0.29) is 5.91 Å². The van der Waals surface area contributed by atoms with E-state index < -0.39 is 0 Å². The Balaban J connectivity index is 2.06. The summed E-state index contributed by atoms with van der Waals surface area (Å²) in [5, 5.41) is 4.31. The van der Waals surface area contributed by atoms with E-state index in [0.717, 1.165) is 22.6 Å². The van der Waals surface area contributed by atoms with Gasteiger partial charge >= 0.3 is 0 Å². The van der Waals surface area contributed by atoms with Crippen molar-refractivity contribution in [2.24, 2.45) is 5.10 Å². The minimum atomic E-state index is -0.327. The van der Waals surface area contributed by atoms with E-state index in [1.165, 1.54) is 0 Å². The number of aromatic nitrogens is 1. The Labute approximate surface area is 126 Å². The molecule has 0 unspecified atom stereocenters. The summed E-state index contributed by atoms with van der Waals surface area (Å²) in [5.41, 5.74) is 9.41. The normalized spacial score (nSPS) is 10.8. The number of nitrogens with one attached hydrogen (secondary N) is 1. The number of nitrogens with two attached hydrogens (primary N) is 1. The third kappa shape index (κ3) is 3.79. The number of hydrazone groups is 1. The number of hydrogen-bond acceptors (Lipinski definition) is 6. The molecular weight excluding hydrogens is 288 g/mol. The first-order chi connectivity index (χ1) is 10.1. The molecule has 0 fully saturated rings. The van der Waals surface area contributed by atoms with E-state index in [1.807, 2.05) is 31.2 Å². The summed E-state index contributed by atoms with van der Waals surface area (Å²) in [5.74, 6) is 0.392. The summed E-state index contributed by atoms with van der Waals surface area (Å²) >= 11 is 1.14. The second-order valence-corrected chi connectivity index (χ2v) is 5.17. The smallest absolute Gasteiger partial charge is 0.283 e. The van der Waals surface area contributed by atoms with E-state index in [0.29, 0.717) is 22.3 Å². The highest BCUT2D eigenvalue weighted by molar-refractivity contribution is 7.17. The van der Waals surface area contributed by atoms with Gasteiger partial charge in [0, 0.05) is 5.56 Å². The number of rotatable bonds is 5. The lowest BCUT2D eigenvalue weighted by atomic mass is 10.2. The van der Waals surface area contributed by atoms with E-state index in [4.69, 9.17) is 10.5 Å². The van der Waals surface area contributed by atoms with Gasteiger partial charge in [-0.25, -0.2) is 10.4 Å². The molecule has 0 aliphatic carbocycles. The molecule has 1 amide bonds. The van der Waals surface area contributed by atoms with Crippen molar-refractivity contribution in [1.29, 1.82) is 0 Å². The fourth-order valence-corrected chi connectivity index (χ4v) is 2.44. The van der Waals surface area contributed by atoms with Gasteiger partial charge in [-0.05, 0) is 26.0 Å². The van der Waals surface area contributed by atoms with Crippen LogP contribution < -0.4 is 15.9 Å². The van der Waals surface area contributed by atoms with Crippen molar-refractivity contribution >= 4 is 28.6 Å². The Hall–Kier alpha value is -2.41. The fraction of sp³-hybridized carbons (Fsp3) is 0.214. The molecule has 0 aliphatic rings. The predicted octanol–water partition coefficient (Wildman–Crippen LogP) is 2.20. The summed E-state index contributed by atoms with van der Waals surface area (Å²) in [6.45, 7) is 4.21. The topological polar surface area (TPSA) is 89.6 Å². The number of amides is 1. The van der Waals surface area contributed by atoms with Crippen LogP contribution >= 0.6 is 11.3 Å². The number of aryl methyl sites for hydroxylation is 1. The molecule has 0 saturated heterocycles. The van der Waals surface area contributed by atoms with Crippen molar-refractivity contribution < 1.29 is 9.53 Å². The van der Waals surface area contributed by atoms with E-state index >= 15 is 0 Å². The Morgan fingerprint density at radius 1 is 1.52 bits per heavy atom. The summed E-state index contributed by atoms with van der Waals surface area (Å²) in [6, 6.07) is 7.46. The van der Waals surface area contributed by atoms with Gasteiger partial charge < -0.3 is 10.5 Å². The zero-order valence-corrected chi connectivity index (χ0v) is 12.6. The first-order valence-electron chi connectivity index (χ1n) is 6.40. The van der Waals surface area contributed by atoms with Gasteiger partial charge in [-0.2, -0.15) is 5.10 Å². The van der Waals surface area contributed by atoms with Gasteiger partial charge in [0.05, 0.1) is 18.5 Å². The minimum Gasteiger partial charge on any atom is -0.493 e. The maximum Gasteiger partial charge on any atom is 0.283 e. The van der Waals surface area contributed by atoms with E-state index in [2.05, 4.69) is 15.5 Å². The van der Waals surface area contributed by atoms with Crippen LogP contribution in [0.25, 0.3) is 0 Å². The second kappa shape index (κ2) is 6.85. The summed E-state index contributed by atoms with van der Waals surface area (Å²) in [7, 11) is 0. The Morgan fingerprint density at radius 2 is 2.29 bits per heavy atom. The average molecular weight is 304 g/mol. The molecule has 1 heterocycles. The number of para-hydroxylation sites is 1. The maximum absolute atomic E-state index is 11.9. The minimum absolute atomic E-state index is 0.327. The van der Waals surface area contributed by atoms with Crippen LogP contribution in [0.3, 0.4) is 0 Å². The Kier molecular flexibility index (Phi) is 4.89. The van der Waals surface area contributed by atoms with Gasteiger partial charge in [0.2, 0.25) is 0 Å². The molecule has 110 valence electrons. The van der Waals surface area contributed by atoms with Crippen LogP contribution in [0, 0.1) is 6.92 Å². The van der Waals surface area contributed by atoms with Gasteiger partial charge in [-0.15, -0.1) is 0 Å². The third-order valence-electron chi connectivity index (χ3n) is 2.61. The standard InChI is InChI=1S/C14H16N4O2S/c1-3-20-11-7-5-4-6-10(11)8-16-18-13(19)12-9(2)17-14(15)21-12/h4-8H,3H2,1-2H3,(H2,15,17)(H,18,19). The van der Waals surface area contributed by atoms with Gasteiger partial charge in [-0.1, -0.05) is 23.5 Å². The average Bonchev–Trinajstić information content (AvgIpc) is 2.80. The molecule has 3 N–H and O–H groups in total. The van der Waals surface area contributed by atoms with Gasteiger partial charge in [0.25, 0.3) is 5.91 Å². The molecule has 0 spiro atoms. The lowest BCUT2D eigenvalue weighted by Crippen LogP contribution is -2.17. The number of benzene rings is 1. The van der Waals surface area contributed by atoms with E-state index in [9.17, 15) is 4.79 Å². The molecule has 0 bridgehead atoms. The quantitative estimate of drug-likeness (QED) is 0.654. The number of nitrogen functional groups attached to an aromatic ring is 1. The first kappa shape index (κ1) is 15.0. The molecule has 1 aromatic carbocycles. The van der Waals surface area contributed by atoms with Crippen molar-refractivity contribution in [3.63, 3.8) is 0 Å². The molecular formula is C14H16N4O2S. The molecule has 6 nitrogen and oxygen atoms in total. The number of ether oxygens (including phenoxy) is 1. The van der Waals surface area contributed by atoms with Crippen LogP contribution in [-0.2, 0) is 0 Å². The largest absolute Gasteiger partial charge is 0.493 e. The fourth-order valence-electron chi connectivity index (χ4n) is 1.71. The molecule has 0 saturated carbocycles. The van der Waals surface area contributed by atoms with Gasteiger partial charge in [-0.3, -0.25) is 4.79 Å². The molecule has 0 aliphatic heterocycles. The Bertz CT molecular complexity index is 667. The van der Waals surface area contributed by atoms with Crippen LogP contribution in [-0.4, -0.2) is 23.7 Å². The van der Waals surface area contributed by atoms with Crippen molar-refractivity contribution in [1.82, 2.24) is 10.4 Å². The SMILES string of the molecule is CCOc1ccccc1C=NNC(=O)c1sc(N)nc1C. The molecule has 0 radical (unpaired) electrons. The molecule has 0 atom stereocenters. The third-order valence-corrected chi connectivity index (χ3v) is 3.59. The van der Waals surface area contributed by atoms with Crippen LogP contribution in [0.2, 0.25) is 0 Å².